The maximum absolute atomic E-state index is 5.97. The highest BCUT2D eigenvalue weighted by Gasteiger charge is 2.12. The lowest BCUT2D eigenvalue weighted by Crippen LogP contribution is -2.24. The van der Waals surface area contributed by atoms with E-state index >= 15 is 0 Å². The number of nitrogens with one attached hydrogen (secondary N) is 1. The molecule has 19 heavy (non-hydrogen) atoms. The van der Waals surface area contributed by atoms with Gasteiger partial charge in [-0.3, -0.25) is 0 Å². The van der Waals surface area contributed by atoms with Crippen molar-refractivity contribution in [3.63, 3.8) is 0 Å². The molecule has 3 heteroatoms. The number of hydrogen-bond acceptors (Lipinski definition) is 2. The molecule has 0 aliphatic heterocycles. The van der Waals surface area contributed by atoms with Crippen LogP contribution in [0.2, 0.25) is 5.02 Å². The van der Waals surface area contributed by atoms with Crippen molar-refractivity contribution in [3.05, 3.63) is 41.6 Å². The first-order chi connectivity index (χ1) is 9.24. The van der Waals surface area contributed by atoms with E-state index in [2.05, 4.69) is 18.0 Å². The van der Waals surface area contributed by atoms with Gasteiger partial charge in [-0.1, -0.05) is 43.5 Å². The fraction of sp³-hybridized carbons (Fsp3) is 0.500. The van der Waals surface area contributed by atoms with Crippen molar-refractivity contribution in [2.45, 2.75) is 37.0 Å². The van der Waals surface area contributed by atoms with Crippen molar-refractivity contribution in [2.24, 2.45) is 5.92 Å². The van der Waals surface area contributed by atoms with Gasteiger partial charge in [-0.2, -0.15) is 0 Å². The SMILES string of the molecule is C=C(CSc1cccc(Cl)c1)NCC1CCCCC1. The third-order valence-corrected chi connectivity index (χ3v) is 4.89. The third-order valence-electron chi connectivity index (χ3n) is 3.57. The van der Waals surface area contributed by atoms with Gasteiger partial charge in [-0.15, -0.1) is 11.8 Å². The summed E-state index contributed by atoms with van der Waals surface area (Å²) in [5.41, 5.74) is 1.12. The summed E-state index contributed by atoms with van der Waals surface area (Å²) in [7, 11) is 0. The zero-order chi connectivity index (χ0) is 13.5. The Labute approximate surface area is 125 Å². The average molecular weight is 296 g/mol. The van der Waals surface area contributed by atoms with E-state index in [9.17, 15) is 0 Å². The molecule has 0 heterocycles. The van der Waals surface area contributed by atoms with Crippen LogP contribution in [0.1, 0.15) is 32.1 Å². The summed E-state index contributed by atoms with van der Waals surface area (Å²) in [6, 6.07) is 7.98. The van der Waals surface area contributed by atoms with E-state index in [4.69, 9.17) is 11.6 Å². The molecule has 0 aromatic heterocycles. The number of halogens is 1. The number of thioether (sulfide) groups is 1. The van der Waals surface area contributed by atoms with Gasteiger partial charge in [0.1, 0.15) is 0 Å². The van der Waals surface area contributed by atoms with E-state index in [1.807, 2.05) is 18.2 Å². The van der Waals surface area contributed by atoms with Crippen molar-refractivity contribution in [2.75, 3.05) is 12.3 Å². The van der Waals surface area contributed by atoms with Crippen LogP contribution in [0, 0.1) is 5.92 Å². The molecule has 1 aliphatic rings. The first kappa shape index (κ1) is 14.8. The summed E-state index contributed by atoms with van der Waals surface area (Å²) < 4.78 is 0. The highest BCUT2D eigenvalue weighted by atomic mass is 35.5. The Hall–Kier alpha value is -0.600. The van der Waals surface area contributed by atoms with Gasteiger partial charge >= 0.3 is 0 Å². The Balaban J connectivity index is 1.66. The Bertz CT molecular complexity index is 413. The van der Waals surface area contributed by atoms with E-state index in [1.54, 1.807) is 11.8 Å². The topological polar surface area (TPSA) is 12.0 Å². The Morgan fingerprint density at radius 3 is 2.84 bits per heavy atom. The largest absolute Gasteiger partial charge is 0.388 e. The highest BCUT2D eigenvalue weighted by molar-refractivity contribution is 7.99. The predicted molar refractivity (Wildman–Crippen MR) is 85.9 cm³/mol. The Kier molecular flexibility index (Phi) is 6.12. The van der Waals surface area contributed by atoms with Crippen LogP contribution in [0.25, 0.3) is 0 Å². The van der Waals surface area contributed by atoms with Gasteiger partial charge in [-0.05, 0) is 37.0 Å². The predicted octanol–water partition coefficient (Wildman–Crippen LogP) is 5.12. The van der Waals surface area contributed by atoms with Crippen LogP contribution in [0.5, 0.6) is 0 Å². The second-order valence-corrected chi connectivity index (χ2v) is 6.72. The van der Waals surface area contributed by atoms with Crippen LogP contribution in [0.4, 0.5) is 0 Å². The van der Waals surface area contributed by atoms with Gasteiger partial charge in [0, 0.05) is 27.9 Å². The van der Waals surface area contributed by atoms with Gasteiger partial charge in [-0.25, -0.2) is 0 Å². The summed E-state index contributed by atoms with van der Waals surface area (Å²) in [5, 5.41) is 4.29. The molecule has 1 aromatic rings. The zero-order valence-corrected chi connectivity index (χ0v) is 12.9. The summed E-state index contributed by atoms with van der Waals surface area (Å²) in [6.07, 6.45) is 6.97. The van der Waals surface area contributed by atoms with Gasteiger partial charge in [0.2, 0.25) is 0 Å². The van der Waals surface area contributed by atoms with Gasteiger partial charge < -0.3 is 5.32 Å². The fourth-order valence-electron chi connectivity index (χ4n) is 2.46. The van der Waals surface area contributed by atoms with E-state index in [-0.39, 0.29) is 0 Å². The zero-order valence-electron chi connectivity index (χ0n) is 11.3. The molecule has 0 unspecified atom stereocenters. The minimum absolute atomic E-state index is 0.797. The summed E-state index contributed by atoms with van der Waals surface area (Å²) in [4.78, 5) is 1.20. The summed E-state index contributed by atoms with van der Waals surface area (Å²) in [5.74, 6) is 1.76. The lowest BCUT2D eigenvalue weighted by molar-refractivity contribution is 0.351. The van der Waals surface area contributed by atoms with Crippen molar-refractivity contribution in [1.82, 2.24) is 5.32 Å². The first-order valence-electron chi connectivity index (χ1n) is 7.04. The molecular weight excluding hydrogens is 274 g/mol. The second-order valence-electron chi connectivity index (χ2n) is 5.23. The molecule has 1 nitrogen and oxygen atoms in total. The van der Waals surface area contributed by atoms with Crippen LogP contribution >= 0.6 is 23.4 Å². The van der Waals surface area contributed by atoms with Crippen molar-refractivity contribution < 1.29 is 0 Å². The van der Waals surface area contributed by atoms with Crippen LogP contribution in [-0.4, -0.2) is 12.3 Å². The maximum atomic E-state index is 5.97. The molecule has 104 valence electrons. The van der Waals surface area contributed by atoms with E-state index < -0.39 is 0 Å². The second kappa shape index (κ2) is 7.86. The Morgan fingerprint density at radius 2 is 2.11 bits per heavy atom. The average Bonchev–Trinajstić information content (AvgIpc) is 2.44. The van der Waals surface area contributed by atoms with Crippen molar-refractivity contribution >= 4 is 23.4 Å². The van der Waals surface area contributed by atoms with E-state index in [0.29, 0.717) is 0 Å². The fourth-order valence-corrected chi connectivity index (χ4v) is 3.54. The molecule has 1 aromatic carbocycles. The smallest absolute Gasteiger partial charge is 0.0417 e. The summed E-state index contributed by atoms with van der Waals surface area (Å²) in [6.45, 7) is 5.20. The van der Waals surface area contributed by atoms with Gasteiger partial charge in [0.15, 0.2) is 0 Å². The molecule has 0 spiro atoms. The molecule has 0 amide bonds. The maximum Gasteiger partial charge on any atom is 0.0417 e. The van der Waals surface area contributed by atoms with E-state index in [0.717, 1.165) is 28.9 Å². The molecule has 0 radical (unpaired) electrons. The third kappa shape index (κ3) is 5.50. The number of hydrogen-bond donors (Lipinski definition) is 1. The lowest BCUT2D eigenvalue weighted by atomic mass is 9.89. The molecule has 1 fully saturated rings. The number of rotatable bonds is 6. The Morgan fingerprint density at radius 1 is 1.32 bits per heavy atom. The first-order valence-corrected chi connectivity index (χ1v) is 8.40. The minimum atomic E-state index is 0.797. The standard InChI is InChI=1S/C16H22ClNS/c1-13(18-11-14-6-3-2-4-7-14)12-19-16-9-5-8-15(17)10-16/h5,8-10,14,18H,1-4,6-7,11-12H2. The van der Waals surface area contributed by atoms with Crippen LogP contribution in [0.15, 0.2) is 41.4 Å². The van der Waals surface area contributed by atoms with Crippen molar-refractivity contribution in [1.29, 1.82) is 0 Å². The van der Waals surface area contributed by atoms with Crippen LogP contribution < -0.4 is 5.32 Å². The molecular formula is C16H22ClNS. The molecule has 0 bridgehead atoms. The number of benzene rings is 1. The molecule has 1 N–H and O–H groups in total. The lowest BCUT2D eigenvalue weighted by Gasteiger charge is -2.22. The summed E-state index contributed by atoms with van der Waals surface area (Å²) >= 11 is 7.75. The van der Waals surface area contributed by atoms with Crippen molar-refractivity contribution in [3.8, 4) is 0 Å². The van der Waals surface area contributed by atoms with Gasteiger partial charge in [0.25, 0.3) is 0 Å². The minimum Gasteiger partial charge on any atom is -0.388 e. The van der Waals surface area contributed by atoms with Crippen LogP contribution in [0.3, 0.4) is 0 Å². The molecule has 2 rings (SSSR count). The molecule has 0 atom stereocenters. The van der Waals surface area contributed by atoms with Gasteiger partial charge in [0.05, 0.1) is 0 Å². The monoisotopic (exact) mass is 295 g/mol. The van der Waals surface area contributed by atoms with Crippen LogP contribution in [-0.2, 0) is 0 Å². The van der Waals surface area contributed by atoms with E-state index in [1.165, 1.54) is 37.0 Å². The normalized spacial score (nSPS) is 16.3. The molecule has 1 aliphatic carbocycles. The molecule has 1 saturated carbocycles. The quantitative estimate of drug-likeness (QED) is 0.731. The highest BCUT2D eigenvalue weighted by Crippen LogP contribution is 2.24. The molecule has 0 saturated heterocycles.